The predicted octanol–water partition coefficient (Wildman–Crippen LogP) is 3.03. The van der Waals surface area contributed by atoms with Gasteiger partial charge >= 0.3 is 0 Å². The van der Waals surface area contributed by atoms with E-state index in [1.54, 1.807) is 55.6 Å². The van der Waals surface area contributed by atoms with Crippen molar-refractivity contribution in [3.8, 4) is 0 Å². The second kappa shape index (κ2) is 10.6. The molecule has 0 heterocycles. The summed E-state index contributed by atoms with van der Waals surface area (Å²) in [5, 5.41) is 11.2. The van der Waals surface area contributed by atoms with Crippen molar-refractivity contribution in [1.82, 2.24) is 10.6 Å². The molecular weight excluding hydrogens is 392 g/mol. The van der Waals surface area contributed by atoms with Crippen molar-refractivity contribution in [2.24, 2.45) is 0 Å². The number of nitrogens with one attached hydrogen (secondary N) is 4. The molecule has 0 radical (unpaired) electrons. The molecule has 0 aliphatic carbocycles. The number of hydrogen-bond donors (Lipinski definition) is 4. The fourth-order valence-corrected chi connectivity index (χ4v) is 2.89. The van der Waals surface area contributed by atoms with Crippen LogP contribution in [0.15, 0.2) is 78.9 Å². The Bertz CT molecular complexity index is 1050. The molecule has 3 rings (SSSR count). The van der Waals surface area contributed by atoms with E-state index in [4.69, 9.17) is 0 Å². The van der Waals surface area contributed by atoms with Crippen LogP contribution in [0, 0.1) is 0 Å². The molecule has 4 N–H and O–H groups in total. The highest BCUT2D eigenvalue weighted by molar-refractivity contribution is 5.98. The van der Waals surface area contributed by atoms with Crippen LogP contribution in [0.3, 0.4) is 0 Å². The Balaban J connectivity index is 1.51. The van der Waals surface area contributed by atoms with Crippen LogP contribution in [0.4, 0.5) is 11.4 Å². The number of hydrogen-bond acceptors (Lipinski definition) is 4. The summed E-state index contributed by atoms with van der Waals surface area (Å²) in [6.07, 6.45) is 0. The van der Waals surface area contributed by atoms with Gasteiger partial charge in [0.05, 0.1) is 6.54 Å². The van der Waals surface area contributed by atoms with Gasteiger partial charge in [-0.3, -0.25) is 14.4 Å². The lowest BCUT2D eigenvalue weighted by Crippen LogP contribution is -2.24. The second-order valence-corrected chi connectivity index (χ2v) is 6.81. The first-order valence-corrected chi connectivity index (χ1v) is 9.83. The zero-order valence-corrected chi connectivity index (χ0v) is 17.1. The van der Waals surface area contributed by atoms with Crippen molar-refractivity contribution in [2.45, 2.75) is 6.54 Å². The molecule has 0 spiro atoms. The topological polar surface area (TPSA) is 99.3 Å². The zero-order chi connectivity index (χ0) is 22.1. The van der Waals surface area contributed by atoms with Gasteiger partial charge in [-0.25, -0.2) is 0 Å². The molecule has 31 heavy (non-hydrogen) atoms. The van der Waals surface area contributed by atoms with Crippen molar-refractivity contribution < 1.29 is 14.4 Å². The molecule has 0 aromatic heterocycles. The summed E-state index contributed by atoms with van der Waals surface area (Å²) in [6.45, 7) is 0.475. The standard InChI is InChI=1S/C24H24N4O3/c1-25-23(30)18-10-12-20(13-11-18)26-16-22(29)28-21-9-5-8-19(14-21)24(31)27-15-17-6-3-2-4-7-17/h2-14,26H,15-16H2,1H3,(H,25,30)(H,27,31)(H,28,29). The first kappa shape index (κ1) is 21.6. The molecule has 3 amide bonds. The fourth-order valence-electron chi connectivity index (χ4n) is 2.89. The van der Waals surface area contributed by atoms with Crippen molar-refractivity contribution >= 4 is 29.1 Å². The highest BCUT2D eigenvalue weighted by atomic mass is 16.2. The molecule has 0 atom stereocenters. The van der Waals surface area contributed by atoms with Crippen LogP contribution in [0.1, 0.15) is 26.3 Å². The van der Waals surface area contributed by atoms with Gasteiger partial charge in [0.2, 0.25) is 5.91 Å². The Hall–Kier alpha value is -4.13. The Morgan fingerprint density at radius 3 is 2.19 bits per heavy atom. The lowest BCUT2D eigenvalue weighted by atomic mass is 10.1. The summed E-state index contributed by atoms with van der Waals surface area (Å²) in [5.41, 5.74) is 3.27. The van der Waals surface area contributed by atoms with Crippen molar-refractivity contribution in [3.05, 3.63) is 95.6 Å². The van der Waals surface area contributed by atoms with Gasteiger partial charge in [-0.2, -0.15) is 0 Å². The van der Waals surface area contributed by atoms with Crippen LogP contribution in [0.25, 0.3) is 0 Å². The zero-order valence-electron chi connectivity index (χ0n) is 17.1. The smallest absolute Gasteiger partial charge is 0.251 e. The molecule has 0 saturated heterocycles. The van der Waals surface area contributed by atoms with Crippen LogP contribution in [0.5, 0.6) is 0 Å². The van der Waals surface area contributed by atoms with Gasteiger partial charge in [-0.15, -0.1) is 0 Å². The molecule has 0 unspecified atom stereocenters. The molecule has 7 heteroatoms. The number of anilines is 2. The molecule has 158 valence electrons. The lowest BCUT2D eigenvalue weighted by Gasteiger charge is -2.10. The SMILES string of the molecule is CNC(=O)c1ccc(NCC(=O)Nc2cccc(C(=O)NCc3ccccc3)c2)cc1. The quantitative estimate of drug-likeness (QED) is 0.454. The lowest BCUT2D eigenvalue weighted by molar-refractivity contribution is -0.114. The van der Waals surface area contributed by atoms with Crippen LogP contribution in [0.2, 0.25) is 0 Å². The van der Waals surface area contributed by atoms with E-state index >= 15 is 0 Å². The average Bonchev–Trinajstić information content (AvgIpc) is 2.82. The van der Waals surface area contributed by atoms with E-state index in [0.717, 1.165) is 11.3 Å². The summed E-state index contributed by atoms with van der Waals surface area (Å²) in [5.74, 6) is -0.636. The summed E-state index contributed by atoms with van der Waals surface area (Å²) >= 11 is 0. The van der Waals surface area contributed by atoms with Crippen molar-refractivity contribution in [1.29, 1.82) is 0 Å². The Labute approximate surface area is 180 Å². The monoisotopic (exact) mass is 416 g/mol. The maximum atomic E-state index is 12.4. The summed E-state index contributed by atoms with van der Waals surface area (Å²) in [6, 6.07) is 23.2. The van der Waals surface area contributed by atoms with Crippen molar-refractivity contribution in [2.75, 3.05) is 24.2 Å². The number of rotatable bonds is 8. The maximum Gasteiger partial charge on any atom is 0.251 e. The molecule has 0 bridgehead atoms. The van der Waals surface area contributed by atoms with Gasteiger partial charge in [-0.1, -0.05) is 36.4 Å². The summed E-state index contributed by atoms with van der Waals surface area (Å²) in [4.78, 5) is 36.2. The first-order valence-electron chi connectivity index (χ1n) is 9.83. The van der Waals surface area contributed by atoms with E-state index in [2.05, 4.69) is 21.3 Å². The number of amides is 3. The normalized spacial score (nSPS) is 10.1. The van der Waals surface area contributed by atoms with E-state index in [9.17, 15) is 14.4 Å². The Kier molecular flexibility index (Phi) is 7.37. The third-order valence-electron chi connectivity index (χ3n) is 4.53. The molecule has 0 fully saturated rings. The van der Waals surface area contributed by atoms with Gasteiger partial charge in [0.1, 0.15) is 0 Å². The largest absolute Gasteiger partial charge is 0.376 e. The molecule has 3 aromatic rings. The van der Waals surface area contributed by atoms with Crippen LogP contribution in [-0.2, 0) is 11.3 Å². The van der Waals surface area contributed by atoms with Gasteiger partial charge in [0.15, 0.2) is 0 Å². The molecule has 0 aliphatic heterocycles. The van der Waals surface area contributed by atoms with Crippen LogP contribution >= 0.6 is 0 Å². The molecule has 0 saturated carbocycles. The summed E-state index contributed by atoms with van der Waals surface area (Å²) in [7, 11) is 1.57. The second-order valence-electron chi connectivity index (χ2n) is 6.81. The van der Waals surface area contributed by atoms with Gasteiger partial charge in [-0.05, 0) is 48.0 Å². The fraction of sp³-hybridized carbons (Fsp3) is 0.125. The van der Waals surface area contributed by atoms with Gasteiger partial charge in [0, 0.05) is 36.1 Å². The Morgan fingerprint density at radius 1 is 0.742 bits per heavy atom. The third-order valence-corrected chi connectivity index (χ3v) is 4.53. The number of carbonyl (C=O) groups excluding carboxylic acids is 3. The maximum absolute atomic E-state index is 12.4. The first-order chi connectivity index (χ1) is 15.0. The van der Waals surface area contributed by atoms with Crippen molar-refractivity contribution in [3.63, 3.8) is 0 Å². The van der Waals surface area contributed by atoms with E-state index in [-0.39, 0.29) is 24.3 Å². The molecule has 0 aliphatic rings. The molecule has 7 nitrogen and oxygen atoms in total. The highest BCUT2D eigenvalue weighted by Crippen LogP contribution is 2.12. The third kappa shape index (κ3) is 6.43. The van der Waals surface area contributed by atoms with E-state index < -0.39 is 0 Å². The van der Waals surface area contributed by atoms with Crippen LogP contribution in [-0.4, -0.2) is 31.3 Å². The summed E-state index contributed by atoms with van der Waals surface area (Å²) < 4.78 is 0. The van der Waals surface area contributed by atoms with E-state index in [0.29, 0.717) is 23.4 Å². The minimum atomic E-state index is -0.253. The van der Waals surface area contributed by atoms with Gasteiger partial charge in [0.25, 0.3) is 11.8 Å². The molecular formula is C24H24N4O3. The Morgan fingerprint density at radius 2 is 1.48 bits per heavy atom. The number of carbonyl (C=O) groups is 3. The minimum absolute atomic E-state index is 0.0454. The predicted molar refractivity (Wildman–Crippen MR) is 121 cm³/mol. The van der Waals surface area contributed by atoms with Gasteiger partial charge < -0.3 is 21.3 Å². The number of benzene rings is 3. The van der Waals surface area contributed by atoms with E-state index in [1.807, 2.05) is 30.3 Å². The van der Waals surface area contributed by atoms with E-state index in [1.165, 1.54) is 0 Å². The average molecular weight is 416 g/mol. The van der Waals surface area contributed by atoms with Crippen LogP contribution < -0.4 is 21.3 Å². The minimum Gasteiger partial charge on any atom is -0.376 e. The highest BCUT2D eigenvalue weighted by Gasteiger charge is 2.08. The molecule has 3 aromatic carbocycles.